The Morgan fingerprint density at radius 1 is 1.40 bits per heavy atom. The lowest BCUT2D eigenvalue weighted by molar-refractivity contribution is -0.136. The predicted molar refractivity (Wildman–Crippen MR) is 90.0 cm³/mol. The molecule has 0 aromatic heterocycles. The highest BCUT2D eigenvalue weighted by atomic mass is 32.2. The van der Waals surface area contributed by atoms with Crippen LogP contribution < -0.4 is 0 Å². The van der Waals surface area contributed by atoms with Crippen LogP contribution in [0.2, 0.25) is 0 Å². The van der Waals surface area contributed by atoms with Crippen molar-refractivity contribution in [1.82, 2.24) is 0 Å². The number of hydrogen-bond donors (Lipinski definition) is 0. The summed E-state index contributed by atoms with van der Waals surface area (Å²) in [7, 11) is 0. The molecule has 0 saturated heterocycles. The number of rotatable bonds is 5. The largest absolute Gasteiger partial charge is 0.457 e. The number of thioether (sulfide) groups is 3. The van der Waals surface area contributed by atoms with Crippen molar-refractivity contribution in [2.75, 3.05) is 12.9 Å². The fourth-order valence-electron chi connectivity index (χ4n) is 1.69. The van der Waals surface area contributed by atoms with Gasteiger partial charge in [-0.1, -0.05) is 18.7 Å². The van der Waals surface area contributed by atoms with E-state index in [1.54, 1.807) is 23.5 Å². The zero-order valence-corrected chi connectivity index (χ0v) is 13.9. The molecule has 5 heteroatoms. The molecule has 1 aliphatic rings. The molecule has 0 saturated carbocycles. The maximum absolute atomic E-state index is 11.1. The van der Waals surface area contributed by atoms with E-state index in [1.165, 1.54) is 21.4 Å². The molecule has 0 bridgehead atoms. The summed E-state index contributed by atoms with van der Waals surface area (Å²) in [6, 6.07) is 8.63. The van der Waals surface area contributed by atoms with Crippen LogP contribution >= 0.6 is 35.3 Å². The summed E-state index contributed by atoms with van der Waals surface area (Å²) in [4.78, 5) is 14.7. The second kappa shape index (κ2) is 7.29. The zero-order valence-electron chi connectivity index (χ0n) is 11.4. The quantitative estimate of drug-likeness (QED) is 0.438. The van der Waals surface area contributed by atoms with Gasteiger partial charge in [0.05, 0.1) is 4.58 Å². The first-order chi connectivity index (χ1) is 9.63. The van der Waals surface area contributed by atoms with Crippen LogP contribution in [0.5, 0.6) is 0 Å². The van der Waals surface area contributed by atoms with E-state index in [4.69, 9.17) is 4.74 Å². The van der Waals surface area contributed by atoms with Crippen molar-refractivity contribution < 1.29 is 9.53 Å². The number of hydrogen-bond acceptors (Lipinski definition) is 5. The molecule has 0 aliphatic carbocycles. The molecule has 0 spiro atoms. The molecule has 0 fully saturated rings. The average molecular weight is 324 g/mol. The van der Waals surface area contributed by atoms with Gasteiger partial charge in [0, 0.05) is 15.9 Å². The van der Waals surface area contributed by atoms with Crippen molar-refractivity contribution in [3.05, 3.63) is 52.3 Å². The monoisotopic (exact) mass is 324 g/mol. The normalized spacial score (nSPS) is 18.2. The summed E-state index contributed by atoms with van der Waals surface area (Å²) in [5, 5.41) is 0. The van der Waals surface area contributed by atoms with Gasteiger partial charge in [-0.25, -0.2) is 4.79 Å². The summed E-state index contributed by atoms with van der Waals surface area (Å²) < 4.78 is 5.46. The number of esters is 1. The maximum atomic E-state index is 11.1. The van der Waals surface area contributed by atoms with Crippen molar-refractivity contribution in [3.63, 3.8) is 0 Å². The van der Waals surface area contributed by atoms with Crippen LogP contribution in [0, 0.1) is 0 Å². The van der Waals surface area contributed by atoms with Gasteiger partial charge < -0.3 is 4.74 Å². The van der Waals surface area contributed by atoms with E-state index in [1.807, 2.05) is 11.8 Å². The third-order valence-electron chi connectivity index (χ3n) is 2.83. The van der Waals surface area contributed by atoms with Gasteiger partial charge in [-0.2, -0.15) is 0 Å². The van der Waals surface area contributed by atoms with E-state index in [0.29, 0.717) is 11.2 Å². The van der Waals surface area contributed by atoms with Gasteiger partial charge in [0.15, 0.2) is 0 Å². The fourth-order valence-corrected chi connectivity index (χ4v) is 5.01. The first kappa shape index (κ1) is 15.6. The van der Waals surface area contributed by atoms with Gasteiger partial charge in [0.2, 0.25) is 0 Å². The number of ether oxygens (including phenoxy) is 1. The third-order valence-corrected chi connectivity index (χ3v) is 6.56. The molecule has 1 atom stereocenters. The Kier molecular flexibility index (Phi) is 5.69. The van der Waals surface area contributed by atoms with E-state index in [0.717, 1.165) is 4.91 Å². The van der Waals surface area contributed by atoms with E-state index < -0.39 is 0 Å². The molecule has 1 aromatic rings. The van der Waals surface area contributed by atoms with E-state index in [9.17, 15) is 4.79 Å². The minimum Gasteiger partial charge on any atom is -0.457 e. The minimum absolute atomic E-state index is 0.341. The molecule has 1 aliphatic heterocycles. The van der Waals surface area contributed by atoms with Gasteiger partial charge in [-0.15, -0.1) is 35.3 Å². The Balaban J connectivity index is 1.98. The van der Waals surface area contributed by atoms with Crippen LogP contribution in [0.3, 0.4) is 0 Å². The highest BCUT2D eigenvalue weighted by Crippen LogP contribution is 2.55. The lowest BCUT2D eigenvalue weighted by atomic mass is 10.2. The molecule has 0 amide bonds. The van der Waals surface area contributed by atoms with Crippen LogP contribution in [0.4, 0.5) is 0 Å². The second-order valence-corrected chi connectivity index (χ2v) is 7.83. The van der Waals surface area contributed by atoms with Crippen LogP contribution in [-0.2, 0) is 9.53 Å². The molecule has 20 heavy (non-hydrogen) atoms. The molecule has 1 unspecified atom stereocenters. The maximum Gasteiger partial charge on any atom is 0.330 e. The summed E-state index contributed by atoms with van der Waals surface area (Å²) in [6.07, 6.45) is 3.27. The molecule has 2 rings (SSSR count). The van der Waals surface area contributed by atoms with E-state index in [-0.39, 0.29) is 5.97 Å². The minimum atomic E-state index is -0.372. The van der Waals surface area contributed by atoms with Crippen molar-refractivity contribution >= 4 is 41.3 Å². The molecular formula is C15H16O2S3. The standard InChI is InChI=1S/C15H16O2S3/c1-4-14(16)17-9-13-10(2)19-15(20-13)11-5-7-12(18-3)8-6-11/h4-8,15H,1,9H2,2-3H3. The number of carbonyl (C=O) groups is 1. The number of carbonyl (C=O) groups excluding carboxylic acids is 1. The molecule has 0 N–H and O–H groups in total. The van der Waals surface area contributed by atoms with Crippen molar-refractivity contribution in [2.24, 2.45) is 0 Å². The zero-order chi connectivity index (χ0) is 14.5. The molecule has 1 aromatic carbocycles. The van der Waals surface area contributed by atoms with E-state index in [2.05, 4.69) is 44.0 Å². The van der Waals surface area contributed by atoms with Crippen LogP contribution in [0.25, 0.3) is 0 Å². The van der Waals surface area contributed by atoms with Crippen molar-refractivity contribution in [3.8, 4) is 0 Å². The van der Waals surface area contributed by atoms with Gasteiger partial charge in [-0.3, -0.25) is 0 Å². The first-order valence-corrected chi connectivity index (χ1v) is 9.08. The van der Waals surface area contributed by atoms with Gasteiger partial charge in [0.25, 0.3) is 0 Å². The first-order valence-electron chi connectivity index (χ1n) is 6.10. The average Bonchev–Trinajstić information content (AvgIpc) is 2.86. The van der Waals surface area contributed by atoms with Crippen molar-refractivity contribution in [2.45, 2.75) is 16.4 Å². The summed E-state index contributed by atoms with van der Waals surface area (Å²) in [6.45, 7) is 5.81. The van der Waals surface area contributed by atoms with Gasteiger partial charge in [0.1, 0.15) is 6.61 Å². The highest BCUT2D eigenvalue weighted by molar-refractivity contribution is 8.22. The Bertz CT molecular complexity index is 535. The predicted octanol–water partition coefficient (Wildman–Crippen LogP) is 4.85. The Morgan fingerprint density at radius 3 is 2.70 bits per heavy atom. The van der Waals surface area contributed by atoms with Gasteiger partial charge >= 0.3 is 5.97 Å². The molecule has 0 radical (unpaired) electrons. The number of allylic oxidation sites excluding steroid dienone is 1. The Labute approximate surface area is 132 Å². The Hall–Kier alpha value is -0.780. The Morgan fingerprint density at radius 2 is 2.10 bits per heavy atom. The summed E-state index contributed by atoms with van der Waals surface area (Å²) >= 11 is 5.32. The topological polar surface area (TPSA) is 26.3 Å². The molecule has 1 heterocycles. The summed E-state index contributed by atoms with van der Waals surface area (Å²) in [5.74, 6) is -0.372. The smallest absolute Gasteiger partial charge is 0.330 e. The molecule has 2 nitrogen and oxygen atoms in total. The molecule has 106 valence electrons. The van der Waals surface area contributed by atoms with Gasteiger partial charge in [-0.05, 0) is 35.8 Å². The highest BCUT2D eigenvalue weighted by Gasteiger charge is 2.25. The lowest BCUT2D eigenvalue weighted by Crippen LogP contribution is -2.02. The van der Waals surface area contributed by atoms with E-state index >= 15 is 0 Å². The SMILES string of the molecule is C=CC(=O)OCC1=C(C)SC(c2ccc(SC)cc2)S1. The second-order valence-electron chi connectivity index (χ2n) is 4.13. The van der Waals surface area contributed by atoms with Crippen LogP contribution in [0.1, 0.15) is 17.1 Å². The number of benzene rings is 1. The van der Waals surface area contributed by atoms with Crippen molar-refractivity contribution in [1.29, 1.82) is 0 Å². The van der Waals surface area contributed by atoms with Crippen LogP contribution in [0.15, 0.2) is 51.6 Å². The third kappa shape index (κ3) is 3.87. The lowest BCUT2D eigenvalue weighted by Gasteiger charge is -2.10. The fraction of sp³-hybridized carbons (Fsp3) is 0.267. The summed E-state index contributed by atoms with van der Waals surface area (Å²) in [5.41, 5.74) is 1.29. The van der Waals surface area contributed by atoms with Crippen LogP contribution in [-0.4, -0.2) is 18.8 Å². The molecular weight excluding hydrogens is 308 g/mol.